The summed E-state index contributed by atoms with van der Waals surface area (Å²) in [5.41, 5.74) is 0.630. The fourth-order valence-electron chi connectivity index (χ4n) is 4.90. The average molecular weight is 615 g/mol. The molecule has 1 unspecified atom stereocenters. The molecule has 2 aromatic rings. The highest BCUT2D eigenvalue weighted by Crippen LogP contribution is 2.34. The third-order valence-electron chi connectivity index (χ3n) is 7.06. The lowest BCUT2D eigenvalue weighted by atomic mass is 9.95. The number of rotatable bonds is 12. The van der Waals surface area contributed by atoms with Crippen LogP contribution in [0.4, 0.5) is 5.69 Å². The molecule has 1 aliphatic rings. The van der Waals surface area contributed by atoms with Gasteiger partial charge in [0.1, 0.15) is 24.1 Å². The van der Waals surface area contributed by atoms with Crippen LogP contribution in [-0.4, -0.2) is 64.2 Å². The Hall–Kier alpha value is -2.69. The number of nitrogens with one attached hydrogen (secondary N) is 1. The Bertz CT molecular complexity index is 1280. The van der Waals surface area contributed by atoms with E-state index >= 15 is 0 Å². The van der Waals surface area contributed by atoms with Gasteiger partial charge >= 0.3 is 0 Å². The molecule has 0 bridgehead atoms. The zero-order valence-electron chi connectivity index (χ0n) is 23.3. The average Bonchev–Trinajstić information content (AvgIpc) is 2.92. The molecule has 0 radical (unpaired) electrons. The molecule has 1 N–H and O–H groups in total. The highest BCUT2D eigenvalue weighted by Gasteiger charge is 2.34. The number of carbonyl (C=O) groups excluding carboxylic acids is 2. The van der Waals surface area contributed by atoms with E-state index in [-0.39, 0.29) is 29.9 Å². The van der Waals surface area contributed by atoms with E-state index in [0.717, 1.165) is 42.7 Å². The second-order valence-electron chi connectivity index (χ2n) is 9.80. The number of ether oxygens (including phenoxy) is 2. The maximum absolute atomic E-state index is 14.0. The zero-order valence-corrected chi connectivity index (χ0v) is 25.6. The number of nitrogens with zero attached hydrogens (tertiary/aromatic N) is 2. The molecule has 1 aliphatic carbocycles. The van der Waals surface area contributed by atoms with E-state index in [0.29, 0.717) is 27.8 Å². The van der Waals surface area contributed by atoms with Gasteiger partial charge in [-0.15, -0.1) is 0 Å². The molecule has 1 atom stereocenters. The molecule has 3 rings (SSSR count). The summed E-state index contributed by atoms with van der Waals surface area (Å²) in [6, 6.07) is 8.77. The maximum atomic E-state index is 14.0. The van der Waals surface area contributed by atoms with Crippen molar-refractivity contribution in [3.05, 3.63) is 52.0 Å². The van der Waals surface area contributed by atoms with Gasteiger partial charge in [-0.2, -0.15) is 0 Å². The molecule has 1 saturated carbocycles. The third kappa shape index (κ3) is 7.95. The molecule has 12 heteroatoms. The second-order valence-corrected chi connectivity index (χ2v) is 12.5. The lowest BCUT2D eigenvalue weighted by Gasteiger charge is -2.34. The molecular weight excluding hydrogens is 577 g/mol. The number of amides is 2. The van der Waals surface area contributed by atoms with Crippen molar-refractivity contribution in [1.29, 1.82) is 0 Å². The van der Waals surface area contributed by atoms with Crippen LogP contribution in [0.15, 0.2) is 36.4 Å². The monoisotopic (exact) mass is 613 g/mol. The van der Waals surface area contributed by atoms with Gasteiger partial charge in [-0.25, -0.2) is 8.42 Å². The summed E-state index contributed by atoms with van der Waals surface area (Å²) in [4.78, 5) is 28.9. The summed E-state index contributed by atoms with van der Waals surface area (Å²) >= 11 is 12.9. The van der Waals surface area contributed by atoms with E-state index in [9.17, 15) is 18.0 Å². The molecule has 40 heavy (non-hydrogen) atoms. The van der Waals surface area contributed by atoms with Gasteiger partial charge in [0.2, 0.25) is 21.8 Å². The number of halogens is 2. The van der Waals surface area contributed by atoms with Gasteiger partial charge < -0.3 is 19.7 Å². The smallest absolute Gasteiger partial charge is 0.244 e. The van der Waals surface area contributed by atoms with E-state index < -0.39 is 28.5 Å². The van der Waals surface area contributed by atoms with Crippen LogP contribution in [-0.2, 0) is 26.2 Å². The van der Waals surface area contributed by atoms with Crippen LogP contribution in [0.5, 0.6) is 11.5 Å². The van der Waals surface area contributed by atoms with Gasteiger partial charge in [-0.1, -0.05) is 55.5 Å². The molecule has 0 saturated heterocycles. The fraction of sp³-hybridized carbons (Fsp3) is 0.500. The molecule has 2 aromatic carbocycles. The number of methoxy groups -OCH3 is 2. The number of carbonyl (C=O) groups is 2. The molecule has 9 nitrogen and oxygen atoms in total. The zero-order chi connectivity index (χ0) is 29.4. The molecule has 0 aromatic heterocycles. The SMILES string of the molecule is CCC(C(=O)NC1CCCCC1)N(Cc1c(Cl)cccc1Cl)C(=O)CN(c1ccc(OC)cc1OC)S(C)(=O)=O. The van der Waals surface area contributed by atoms with E-state index in [2.05, 4.69) is 5.32 Å². The van der Waals surface area contributed by atoms with Crippen LogP contribution < -0.4 is 19.1 Å². The first-order valence-corrected chi connectivity index (χ1v) is 15.8. The topological polar surface area (TPSA) is 105 Å². The van der Waals surface area contributed by atoms with E-state index in [1.54, 1.807) is 31.2 Å². The quantitative estimate of drug-likeness (QED) is 0.360. The summed E-state index contributed by atoms with van der Waals surface area (Å²) in [6.45, 7) is 1.16. The Balaban J connectivity index is 2.00. The van der Waals surface area contributed by atoms with Gasteiger partial charge in [0.25, 0.3) is 0 Å². The Morgan fingerprint density at radius 2 is 1.70 bits per heavy atom. The van der Waals surface area contributed by atoms with Crippen molar-refractivity contribution in [3.8, 4) is 11.5 Å². The summed E-state index contributed by atoms with van der Waals surface area (Å²) in [6.07, 6.45) is 6.27. The number of benzene rings is 2. The van der Waals surface area contributed by atoms with Crippen LogP contribution in [0.1, 0.15) is 51.0 Å². The van der Waals surface area contributed by atoms with Crippen LogP contribution >= 0.6 is 23.2 Å². The van der Waals surface area contributed by atoms with Crippen molar-refractivity contribution in [3.63, 3.8) is 0 Å². The molecule has 0 spiro atoms. The Kier molecular flexibility index (Phi) is 11.4. The van der Waals surface area contributed by atoms with Gasteiger partial charge in [0, 0.05) is 34.3 Å². The van der Waals surface area contributed by atoms with Crippen molar-refractivity contribution in [2.24, 2.45) is 0 Å². The van der Waals surface area contributed by atoms with Crippen LogP contribution in [0.2, 0.25) is 10.0 Å². The molecule has 220 valence electrons. The van der Waals surface area contributed by atoms with Crippen molar-refractivity contribution in [2.45, 2.75) is 64.1 Å². The van der Waals surface area contributed by atoms with Crippen molar-refractivity contribution in [1.82, 2.24) is 10.2 Å². The predicted octanol–water partition coefficient (Wildman–Crippen LogP) is 5.03. The van der Waals surface area contributed by atoms with Crippen LogP contribution in [0, 0.1) is 0 Å². The second kappa shape index (κ2) is 14.3. The summed E-state index contributed by atoms with van der Waals surface area (Å²) in [7, 11) is -1.07. The minimum atomic E-state index is -3.95. The first-order chi connectivity index (χ1) is 19.0. The van der Waals surface area contributed by atoms with E-state index in [4.69, 9.17) is 32.7 Å². The molecule has 0 aliphatic heterocycles. The van der Waals surface area contributed by atoms with Crippen molar-refractivity contribution < 1.29 is 27.5 Å². The van der Waals surface area contributed by atoms with Gasteiger partial charge in [-0.05, 0) is 43.5 Å². The van der Waals surface area contributed by atoms with Gasteiger partial charge in [0.15, 0.2) is 0 Å². The summed E-state index contributed by atoms with van der Waals surface area (Å²) in [5.74, 6) is -0.218. The van der Waals surface area contributed by atoms with Crippen molar-refractivity contribution >= 4 is 50.7 Å². The number of hydrogen-bond acceptors (Lipinski definition) is 6. The lowest BCUT2D eigenvalue weighted by molar-refractivity contribution is -0.140. The molecular formula is C28H37Cl2N3O6S. The van der Waals surface area contributed by atoms with Gasteiger partial charge in [0.05, 0.1) is 26.2 Å². The number of sulfonamides is 1. The highest BCUT2D eigenvalue weighted by atomic mass is 35.5. The van der Waals surface area contributed by atoms with Crippen LogP contribution in [0.25, 0.3) is 0 Å². The number of hydrogen-bond donors (Lipinski definition) is 1. The van der Waals surface area contributed by atoms with Crippen LogP contribution in [0.3, 0.4) is 0 Å². The molecule has 0 heterocycles. The first kappa shape index (κ1) is 31.8. The van der Waals surface area contributed by atoms with E-state index in [1.807, 2.05) is 0 Å². The van der Waals surface area contributed by atoms with Crippen molar-refractivity contribution in [2.75, 3.05) is 31.3 Å². The molecule has 2 amide bonds. The standard InChI is InChI=1S/C28H37Cl2N3O6S/c1-5-24(28(35)31-19-10-7-6-8-11-19)32(17-21-22(29)12-9-13-23(21)30)27(34)18-33(40(4,36)37)25-15-14-20(38-2)16-26(25)39-3/h9,12-16,19,24H,5-8,10-11,17-18H2,1-4H3,(H,31,35). The minimum absolute atomic E-state index is 0.0345. The van der Waals surface area contributed by atoms with Gasteiger partial charge in [-0.3, -0.25) is 13.9 Å². The Morgan fingerprint density at radius 3 is 2.25 bits per heavy atom. The predicted molar refractivity (Wildman–Crippen MR) is 158 cm³/mol. The lowest BCUT2D eigenvalue weighted by Crippen LogP contribution is -2.54. The largest absolute Gasteiger partial charge is 0.497 e. The molecule has 1 fully saturated rings. The highest BCUT2D eigenvalue weighted by molar-refractivity contribution is 7.92. The number of anilines is 1. The normalized spacial score (nSPS) is 14.8. The maximum Gasteiger partial charge on any atom is 0.244 e. The summed E-state index contributed by atoms with van der Waals surface area (Å²) in [5, 5.41) is 3.78. The minimum Gasteiger partial charge on any atom is -0.497 e. The summed E-state index contributed by atoms with van der Waals surface area (Å²) < 4.78 is 37.5. The fourth-order valence-corrected chi connectivity index (χ4v) is 6.27. The Morgan fingerprint density at radius 1 is 1.05 bits per heavy atom. The first-order valence-electron chi connectivity index (χ1n) is 13.2. The van der Waals surface area contributed by atoms with E-state index in [1.165, 1.54) is 31.3 Å². The third-order valence-corrected chi connectivity index (χ3v) is 8.90. The Labute approximate surface area is 246 Å².